The van der Waals surface area contributed by atoms with Gasteiger partial charge in [-0.3, -0.25) is 0 Å². The van der Waals surface area contributed by atoms with Crippen LogP contribution in [0, 0.1) is 5.92 Å². The molecule has 4 nitrogen and oxygen atoms in total. The molecule has 1 aromatic heterocycles. The van der Waals surface area contributed by atoms with E-state index in [4.69, 9.17) is 4.52 Å². The molecular formula is C12H21N3O. The zero-order valence-electron chi connectivity index (χ0n) is 10.2. The molecular weight excluding hydrogens is 202 g/mol. The highest BCUT2D eigenvalue weighted by Crippen LogP contribution is 2.18. The standard InChI is InChI=1S/C12H21N3O/c1-9(2)3-6-11-14-12(16-15-11)7-8-13-10-4-5-10/h9-10,13H,3-8H2,1-2H3. The fourth-order valence-corrected chi connectivity index (χ4v) is 1.58. The van der Waals surface area contributed by atoms with Crippen LogP contribution in [-0.2, 0) is 12.8 Å². The first-order valence-corrected chi connectivity index (χ1v) is 6.29. The van der Waals surface area contributed by atoms with Gasteiger partial charge in [-0.15, -0.1) is 0 Å². The van der Waals surface area contributed by atoms with E-state index in [1.807, 2.05) is 0 Å². The Balaban J connectivity index is 1.68. The Morgan fingerprint density at radius 2 is 2.19 bits per heavy atom. The number of rotatable bonds is 7. The summed E-state index contributed by atoms with van der Waals surface area (Å²) in [6, 6.07) is 0.753. The molecule has 1 heterocycles. The van der Waals surface area contributed by atoms with Crippen LogP contribution in [0.25, 0.3) is 0 Å². The summed E-state index contributed by atoms with van der Waals surface area (Å²) in [5.41, 5.74) is 0. The van der Waals surface area contributed by atoms with Crippen LogP contribution in [0.3, 0.4) is 0 Å². The van der Waals surface area contributed by atoms with E-state index in [0.717, 1.165) is 43.6 Å². The lowest BCUT2D eigenvalue weighted by Gasteiger charge is -1.99. The topological polar surface area (TPSA) is 51.0 Å². The van der Waals surface area contributed by atoms with E-state index in [-0.39, 0.29) is 0 Å². The highest BCUT2D eigenvalue weighted by Gasteiger charge is 2.20. The fraction of sp³-hybridized carbons (Fsp3) is 0.833. The molecule has 1 N–H and O–H groups in total. The molecule has 0 spiro atoms. The van der Waals surface area contributed by atoms with Crippen LogP contribution >= 0.6 is 0 Å². The van der Waals surface area contributed by atoms with E-state index < -0.39 is 0 Å². The van der Waals surface area contributed by atoms with Gasteiger partial charge in [-0.25, -0.2) is 0 Å². The quantitative estimate of drug-likeness (QED) is 0.767. The lowest BCUT2D eigenvalue weighted by Crippen LogP contribution is -2.19. The molecule has 1 saturated carbocycles. The first-order valence-electron chi connectivity index (χ1n) is 6.29. The van der Waals surface area contributed by atoms with E-state index in [1.165, 1.54) is 12.8 Å². The van der Waals surface area contributed by atoms with Crippen molar-refractivity contribution in [1.82, 2.24) is 15.5 Å². The van der Waals surface area contributed by atoms with E-state index in [1.54, 1.807) is 0 Å². The van der Waals surface area contributed by atoms with Gasteiger partial charge in [0, 0.05) is 25.4 Å². The van der Waals surface area contributed by atoms with Crippen molar-refractivity contribution in [1.29, 1.82) is 0 Å². The minimum Gasteiger partial charge on any atom is -0.339 e. The van der Waals surface area contributed by atoms with Crippen LogP contribution in [0.5, 0.6) is 0 Å². The van der Waals surface area contributed by atoms with Crippen molar-refractivity contribution >= 4 is 0 Å². The molecule has 0 aliphatic heterocycles. The molecule has 1 fully saturated rings. The maximum absolute atomic E-state index is 5.20. The van der Waals surface area contributed by atoms with Gasteiger partial charge < -0.3 is 9.84 Å². The second kappa shape index (κ2) is 5.43. The van der Waals surface area contributed by atoms with Crippen LogP contribution in [0.2, 0.25) is 0 Å². The third kappa shape index (κ3) is 3.93. The van der Waals surface area contributed by atoms with Gasteiger partial charge >= 0.3 is 0 Å². The highest BCUT2D eigenvalue weighted by atomic mass is 16.5. The largest absolute Gasteiger partial charge is 0.339 e. The van der Waals surface area contributed by atoms with Crippen molar-refractivity contribution in [2.75, 3.05) is 6.54 Å². The van der Waals surface area contributed by atoms with Gasteiger partial charge in [0.25, 0.3) is 0 Å². The molecule has 1 aromatic rings. The van der Waals surface area contributed by atoms with Gasteiger partial charge in [-0.1, -0.05) is 19.0 Å². The predicted octanol–water partition coefficient (Wildman–Crippen LogP) is 1.95. The molecule has 1 aliphatic rings. The maximum atomic E-state index is 5.20. The Morgan fingerprint density at radius 3 is 2.88 bits per heavy atom. The highest BCUT2D eigenvalue weighted by molar-refractivity contribution is 4.88. The molecule has 1 aliphatic carbocycles. The number of nitrogens with zero attached hydrogens (tertiary/aromatic N) is 2. The van der Waals surface area contributed by atoms with E-state index in [9.17, 15) is 0 Å². The van der Waals surface area contributed by atoms with Gasteiger partial charge in [-0.05, 0) is 25.2 Å². The summed E-state index contributed by atoms with van der Waals surface area (Å²) < 4.78 is 5.20. The van der Waals surface area contributed by atoms with Crippen molar-refractivity contribution in [2.24, 2.45) is 5.92 Å². The average molecular weight is 223 g/mol. The number of hydrogen-bond acceptors (Lipinski definition) is 4. The molecule has 16 heavy (non-hydrogen) atoms. The smallest absolute Gasteiger partial charge is 0.227 e. The first-order chi connectivity index (χ1) is 7.74. The van der Waals surface area contributed by atoms with Crippen LogP contribution in [0.4, 0.5) is 0 Å². The van der Waals surface area contributed by atoms with E-state index in [2.05, 4.69) is 29.3 Å². The van der Waals surface area contributed by atoms with Crippen LogP contribution < -0.4 is 5.32 Å². The lowest BCUT2D eigenvalue weighted by atomic mass is 10.1. The summed E-state index contributed by atoms with van der Waals surface area (Å²) in [5, 5.41) is 7.42. The molecule has 0 atom stereocenters. The molecule has 0 unspecified atom stereocenters. The van der Waals surface area contributed by atoms with Gasteiger partial charge in [-0.2, -0.15) is 4.98 Å². The van der Waals surface area contributed by atoms with Gasteiger partial charge in [0.2, 0.25) is 5.89 Å². The lowest BCUT2D eigenvalue weighted by molar-refractivity contribution is 0.369. The zero-order chi connectivity index (χ0) is 11.4. The van der Waals surface area contributed by atoms with Crippen LogP contribution in [0.15, 0.2) is 4.52 Å². The second-order valence-electron chi connectivity index (χ2n) is 5.02. The minimum atomic E-state index is 0.693. The van der Waals surface area contributed by atoms with Crippen molar-refractivity contribution in [2.45, 2.75) is 52.0 Å². The van der Waals surface area contributed by atoms with Gasteiger partial charge in [0.15, 0.2) is 5.82 Å². The number of aromatic nitrogens is 2. The summed E-state index contributed by atoms with van der Waals surface area (Å²) in [4.78, 5) is 4.38. The Morgan fingerprint density at radius 1 is 1.38 bits per heavy atom. The van der Waals surface area contributed by atoms with Crippen molar-refractivity contribution < 1.29 is 4.52 Å². The normalized spacial score (nSPS) is 15.9. The summed E-state index contributed by atoms with van der Waals surface area (Å²) in [6.07, 6.45) is 5.55. The molecule has 0 saturated heterocycles. The van der Waals surface area contributed by atoms with Crippen molar-refractivity contribution in [3.8, 4) is 0 Å². The molecule has 0 aromatic carbocycles. The Hall–Kier alpha value is -0.900. The van der Waals surface area contributed by atoms with E-state index >= 15 is 0 Å². The van der Waals surface area contributed by atoms with E-state index in [0.29, 0.717) is 5.92 Å². The first kappa shape index (κ1) is 11.6. The number of nitrogens with one attached hydrogen (secondary N) is 1. The summed E-state index contributed by atoms with van der Waals surface area (Å²) in [7, 11) is 0. The third-order valence-electron chi connectivity index (χ3n) is 2.80. The Bertz CT molecular complexity index is 318. The molecule has 4 heteroatoms. The molecule has 90 valence electrons. The third-order valence-corrected chi connectivity index (χ3v) is 2.80. The molecule has 2 rings (SSSR count). The Kier molecular flexibility index (Phi) is 3.93. The Labute approximate surface area is 96.8 Å². The maximum Gasteiger partial charge on any atom is 0.227 e. The molecule has 0 radical (unpaired) electrons. The van der Waals surface area contributed by atoms with Crippen LogP contribution in [-0.4, -0.2) is 22.7 Å². The predicted molar refractivity (Wildman–Crippen MR) is 62.2 cm³/mol. The summed E-state index contributed by atoms with van der Waals surface area (Å²) >= 11 is 0. The van der Waals surface area contributed by atoms with Crippen molar-refractivity contribution in [3.63, 3.8) is 0 Å². The fourth-order valence-electron chi connectivity index (χ4n) is 1.58. The number of aryl methyl sites for hydroxylation is 1. The van der Waals surface area contributed by atoms with Crippen LogP contribution in [0.1, 0.15) is 44.8 Å². The molecule has 0 amide bonds. The second-order valence-corrected chi connectivity index (χ2v) is 5.02. The monoisotopic (exact) mass is 223 g/mol. The summed E-state index contributed by atoms with van der Waals surface area (Å²) in [5.74, 6) is 2.32. The van der Waals surface area contributed by atoms with Gasteiger partial charge in [0.05, 0.1) is 0 Å². The molecule has 0 bridgehead atoms. The summed E-state index contributed by atoms with van der Waals surface area (Å²) in [6.45, 7) is 5.37. The van der Waals surface area contributed by atoms with Gasteiger partial charge in [0.1, 0.15) is 0 Å². The number of hydrogen-bond donors (Lipinski definition) is 1. The SMILES string of the molecule is CC(C)CCc1noc(CCNC2CC2)n1. The zero-order valence-corrected chi connectivity index (χ0v) is 10.2. The minimum absolute atomic E-state index is 0.693. The average Bonchev–Trinajstić information content (AvgIpc) is 2.94. The van der Waals surface area contributed by atoms with Crippen molar-refractivity contribution in [3.05, 3.63) is 11.7 Å².